The maximum Gasteiger partial charge on any atom is 0.317 e. The average Bonchev–Trinajstić information content (AvgIpc) is 3.05. The van der Waals surface area contributed by atoms with Crippen LogP contribution in [0.15, 0.2) is 0 Å². The van der Waals surface area contributed by atoms with Gasteiger partial charge in [-0.15, -0.1) is 0 Å². The summed E-state index contributed by atoms with van der Waals surface area (Å²) >= 11 is 0. The highest BCUT2D eigenvalue weighted by atomic mass is 16.4. The summed E-state index contributed by atoms with van der Waals surface area (Å²) in [7, 11) is 0. The molecule has 2 N–H and O–H groups in total. The highest BCUT2D eigenvalue weighted by molar-refractivity contribution is 5.79. The van der Waals surface area contributed by atoms with E-state index in [2.05, 4.69) is 12.2 Å². The van der Waals surface area contributed by atoms with E-state index in [4.69, 9.17) is 0 Å². The van der Waals surface area contributed by atoms with Crippen LogP contribution in [0.1, 0.15) is 58.8 Å². The van der Waals surface area contributed by atoms with Crippen molar-refractivity contribution >= 4 is 12.0 Å². The Balaban J connectivity index is 1.88. The Hall–Kier alpha value is -1.26. The first kappa shape index (κ1) is 16.1. The number of urea groups is 1. The number of hydrogen-bond acceptors (Lipinski definition) is 2. The van der Waals surface area contributed by atoms with Gasteiger partial charge < -0.3 is 15.3 Å². The SMILES string of the molecule is CCCC1(C(=O)O)CCN(C(=O)NCC2(C)CCCC2)C1. The molecule has 5 nitrogen and oxygen atoms in total. The fraction of sp³-hybridized carbons (Fsp3) is 0.875. The second-order valence-electron chi connectivity index (χ2n) is 7.18. The third-order valence-electron chi connectivity index (χ3n) is 5.30. The van der Waals surface area contributed by atoms with Gasteiger partial charge in [0.15, 0.2) is 0 Å². The molecule has 1 aliphatic carbocycles. The number of carboxylic acid groups (broad SMARTS) is 1. The molecule has 2 fully saturated rings. The number of rotatable bonds is 5. The molecule has 0 radical (unpaired) electrons. The van der Waals surface area contributed by atoms with Gasteiger partial charge in [-0.1, -0.05) is 33.1 Å². The van der Waals surface area contributed by atoms with E-state index in [1.807, 2.05) is 6.92 Å². The number of nitrogens with zero attached hydrogens (tertiary/aromatic N) is 1. The molecule has 5 heteroatoms. The first-order chi connectivity index (χ1) is 9.91. The Morgan fingerprint density at radius 1 is 1.24 bits per heavy atom. The number of nitrogens with one attached hydrogen (secondary N) is 1. The number of carbonyl (C=O) groups is 2. The van der Waals surface area contributed by atoms with Gasteiger partial charge in [0.05, 0.1) is 5.41 Å². The first-order valence-electron chi connectivity index (χ1n) is 8.17. The summed E-state index contributed by atoms with van der Waals surface area (Å²) < 4.78 is 0. The molecule has 120 valence electrons. The van der Waals surface area contributed by atoms with Crippen LogP contribution in [-0.4, -0.2) is 41.6 Å². The van der Waals surface area contributed by atoms with Crippen molar-refractivity contribution in [2.24, 2.45) is 10.8 Å². The molecule has 1 unspecified atom stereocenters. The predicted octanol–water partition coefficient (Wildman–Crippen LogP) is 2.85. The lowest BCUT2D eigenvalue weighted by molar-refractivity contribution is -0.148. The monoisotopic (exact) mass is 296 g/mol. The lowest BCUT2D eigenvalue weighted by atomic mass is 9.83. The van der Waals surface area contributed by atoms with E-state index in [1.54, 1.807) is 4.90 Å². The van der Waals surface area contributed by atoms with Crippen molar-refractivity contribution in [3.8, 4) is 0 Å². The molecule has 1 heterocycles. The van der Waals surface area contributed by atoms with E-state index in [0.29, 0.717) is 32.5 Å². The van der Waals surface area contributed by atoms with Gasteiger partial charge in [0.2, 0.25) is 0 Å². The molecule has 0 aromatic rings. The van der Waals surface area contributed by atoms with Crippen LogP contribution in [0.3, 0.4) is 0 Å². The minimum absolute atomic E-state index is 0.0950. The smallest absolute Gasteiger partial charge is 0.317 e. The number of likely N-dealkylation sites (tertiary alicyclic amines) is 1. The summed E-state index contributed by atoms with van der Waals surface area (Å²) in [6, 6.07) is -0.0950. The van der Waals surface area contributed by atoms with Crippen molar-refractivity contribution in [2.45, 2.75) is 58.8 Å². The van der Waals surface area contributed by atoms with Gasteiger partial charge >= 0.3 is 12.0 Å². The van der Waals surface area contributed by atoms with E-state index < -0.39 is 11.4 Å². The molecule has 0 aromatic carbocycles. The van der Waals surface area contributed by atoms with Crippen LogP contribution in [0.2, 0.25) is 0 Å². The number of hydrogen-bond donors (Lipinski definition) is 2. The molecule has 1 saturated carbocycles. The van der Waals surface area contributed by atoms with Crippen molar-refractivity contribution < 1.29 is 14.7 Å². The summed E-state index contributed by atoms with van der Waals surface area (Å²) in [5.74, 6) is -0.762. The van der Waals surface area contributed by atoms with Crippen LogP contribution in [-0.2, 0) is 4.79 Å². The summed E-state index contributed by atoms with van der Waals surface area (Å²) in [5.41, 5.74) is -0.508. The molecule has 2 amide bonds. The predicted molar refractivity (Wildman–Crippen MR) is 81.1 cm³/mol. The normalized spacial score (nSPS) is 27.8. The Labute approximate surface area is 127 Å². The average molecular weight is 296 g/mol. The van der Waals surface area contributed by atoms with Crippen LogP contribution in [0.5, 0.6) is 0 Å². The summed E-state index contributed by atoms with van der Waals surface area (Å²) in [6.45, 7) is 5.82. The van der Waals surface area contributed by atoms with Crippen molar-refractivity contribution in [2.75, 3.05) is 19.6 Å². The highest BCUT2D eigenvalue weighted by Gasteiger charge is 2.45. The molecular formula is C16H28N2O3. The minimum Gasteiger partial charge on any atom is -0.481 e. The van der Waals surface area contributed by atoms with Gasteiger partial charge in [-0.05, 0) is 31.1 Å². The molecule has 1 aliphatic heterocycles. The van der Waals surface area contributed by atoms with E-state index in [-0.39, 0.29) is 11.4 Å². The number of aliphatic carboxylic acids is 1. The molecule has 0 aromatic heterocycles. The molecular weight excluding hydrogens is 268 g/mol. The summed E-state index contributed by atoms with van der Waals surface area (Å²) in [6.07, 6.45) is 6.87. The molecule has 1 saturated heterocycles. The van der Waals surface area contributed by atoms with E-state index in [1.165, 1.54) is 25.7 Å². The van der Waals surface area contributed by atoms with Crippen LogP contribution in [0.25, 0.3) is 0 Å². The molecule has 0 bridgehead atoms. The molecule has 21 heavy (non-hydrogen) atoms. The zero-order chi connectivity index (χ0) is 15.5. The quantitative estimate of drug-likeness (QED) is 0.819. The van der Waals surface area contributed by atoms with Crippen molar-refractivity contribution in [3.05, 3.63) is 0 Å². The Bertz CT molecular complexity index is 404. The van der Waals surface area contributed by atoms with E-state index in [0.717, 1.165) is 6.42 Å². The second-order valence-corrected chi connectivity index (χ2v) is 7.18. The maximum atomic E-state index is 12.3. The molecule has 2 aliphatic rings. The third-order valence-corrected chi connectivity index (χ3v) is 5.30. The van der Waals surface area contributed by atoms with Crippen LogP contribution < -0.4 is 5.32 Å². The van der Waals surface area contributed by atoms with Gasteiger partial charge in [0, 0.05) is 19.6 Å². The summed E-state index contributed by atoms with van der Waals surface area (Å²) in [4.78, 5) is 25.5. The van der Waals surface area contributed by atoms with Crippen LogP contribution in [0.4, 0.5) is 4.79 Å². The van der Waals surface area contributed by atoms with Crippen molar-refractivity contribution in [3.63, 3.8) is 0 Å². The molecule has 0 spiro atoms. The van der Waals surface area contributed by atoms with E-state index in [9.17, 15) is 14.7 Å². The number of amides is 2. The first-order valence-corrected chi connectivity index (χ1v) is 8.17. The fourth-order valence-corrected chi connectivity index (χ4v) is 3.82. The van der Waals surface area contributed by atoms with Crippen molar-refractivity contribution in [1.29, 1.82) is 0 Å². The third kappa shape index (κ3) is 3.50. The van der Waals surface area contributed by atoms with Crippen LogP contribution >= 0.6 is 0 Å². The topological polar surface area (TPSA) is 69.6 Å². The van der Waals surface area contributed by atoms with Gasteiger partial charge in [0.1, 0.15) is 0 Å². The molecule has 1 atom stereocenters. The Kier molecular flexibility index (Phi) is 4.79. The zero-order valence-corrected chi connectivity index (χ0v) is 13.3. The van der Waals surface area contributed by atoms with Gasteiger partial charge in [-0.25, -0.2) is 4.79 Å². The lowest BCUT2D eigenvalue weighted by Gasteiger charge is -2.27. The molecule has 2 rings (SSSR count). The van der Waals surface area contributed by atoms with Gasteiger partial charge in [-0.2, -0.15) is 0 Å². The van der Waals surface area contributed by atoms with Crippen molar-refractivity contribution in [1.82, 2.24) is 10.2 Å². The maximum absolute atomic E-state index is 12.3. The fourth-order valence-electron chi connectivity index (χ4n) is 3.82. The Morgan fingerprint density at radius 3 is 2.48 bits per heavy atom. The zero-order valence-electron chi connectivity index (χ0n) is 13.3. The number of carbonyl (C=O) groups excluding carboxylic acids is 1. The van der Waals surface area contributed by atoms with Gasteiger partial charge in [0.25, 0.3) is 0 Å². The van der Waals surface area contributed by atoms with E-state index >= 15 is 0 Å². The summed E-state index contributed by atoms with van der Waals surface area (Å²) in [5, 5.41) is 12.5. The largest absolute Gasteiger partial charge is 0.481 e. The van der Waals surface area contributed by atoms with Gasteiger partial charge in [-0.3, -0.25) is 4.79 Å². The highest BCUT2D eigenvalue weighted by Crippen LogP contribution is 2.37. The number of carboxylic acids is 1. The lowest BCUT2D eigenvalue weighted by Crippen LogP contribution is -2.44. The van der Waals surface area contributed by atoms with Crippen LogP contribution in [0, 0.1) is 10.8 Å². The minimum atomic E-state index is -0.762. The Morgan fingerprint density at radius 2 is 1.90 bits per heavy atom. The standard InChI is InChI=1S/C16H28N2O3/c1-3-6-16(13(19)20)9-10-18(12-16)14(21)17-11-15(2)7-4-5-8-15/h3-12H2,1-2H3,(H,17,21)(H,19,20). The second kappa shape index (κ2) is 6.24.